The standard InChI is InChI=1S/C32H47N3O4/c1-5-27(37)32-28-16-17-34(32)29(38)21-35-31-24(15-13-11-9-7-6-8-10-12-14-18-39-28)19-25(22(2)3)20-26(31)30(33-35)23(4)36/h19-20,22,28,32H,5-18,21H2,1-4H3/t28-,32-/m1/s1. The monoisotopic (exact) mass is 537 g/mol. The summed E-state index contributed by atoms with van der Waals surface area (Å²) in [6, 6.07) is 3.78. The molecule has 0 unspecified atom stereocenters. The Morgan fingerprint density at radius 3 is 2.33 bits per heavy atom. The molecule has 0 N–H and O–H groups in total. The minimum Gasteiger partial charge on any atom is -0.376 e. The highest BCUT2D eigenvalue weighted by molar-refractivity contribution is 6.06. The number of aromatic nitrogens is 2. The smallest absolute Gasteiger partial charge is 0.245 e. The number of Topliss-reactive ketones (excluding diaryl/α,β-unsaturated/α-hetero) is 2. The van der Waals surface area contributed by atoms with Gasteiger partial charge in [-0.1, -0.05) is 71.8 Å². The zero-order valence-electron chi connectivity index (χ0n) is 24.5. The van der Waals surface area contributed by atoms with E-state index in [2.05, 4.69) is 26.0 Å². The van der Waals surface area contributed by atoms with Gasteiger partial charge in [-0.05, 0) is 48.8 Å². The minimum absolute atomic E-state index is 0.0119. The Balaban J connectivity index is 1.72. The minimum atomic E-state index is -0.547. The Morgan fingerprint density at radius 1 is 1.03 bits per heavy atom. The van der Waals surface area contributed by atoms with Gasteiger partial charge in [0.2, 0.25) is 5.91 Å². The second kappa shape index (κ2) is 13.7. The molecule has 4 rings (SSSR count). The van der Waals surface area contributed by atoms with Crippen LogP contribution in [0.15, 0.2) is 12.1 Å². The summed E-state index contributed by atoms with van der Waals surface area (Å²) >= 11 is 0. The molecule has 2 atom stereocenters. The molecule has 2 aliphatic rings. The summed E-state index contributed by atoms with van der Waals surface area (Å²) in [6.07, 6.45) is 12.3. The van der Waals surface area contributed by atoms with E-state index in [1.165, 1.54) is 44.1 Å². The maximum atomic E-state index is 13.8. The lowest BCUT2D eigenvalue weighted by molar-refractivity contribution is -0.141. The van der Waals surface area contributed by atoms with Gasteiger partial charge < -0.3 is 9.64 Å². The second-order valence-electron chi connectivity index (χ2n) is 11.8. The van der Waals surface area contributed by atoms with Crippen LogP contribution in [0.4, 0.5) is 0 Å². The zero-order valence-corrected chi connectivity index (χ0v) is 24.5. The van der Waals surface area contributed by atoms with Gasteiger partial charge in [-0.3, -0.25) is 19.1 Å². The number of carbonyl (C=O) groups excluding carboxylic acids is 3. The SMILES string of the molecule is CCC(=O)[C@@H]1[C@H]2CCN1C(=O)Cn1nc(C(C)=O)c3cc(C(C)C)cc(c31)CCCCCCCCCCCO2. The highest BCUT2D eigenvalue weighted by Gasteiger charge is 2.41. The summed E-state index contributed by atoms with van der Waals surface area (Å²) < 4.78 is 7.93. The predicted molar refractivity (Wildman–Crippen MR) is 154 cm³/mol. The van der Waals surface area contributed by atoms with Crippen molar-refractivity contribution in [2.45, 2.75) is 129 Å². The number of carbonyl (C=O) groups is 3. The molecule has 0 radical (unpaired) electrons. The zero-order chi connectivity index (χ0) is 27.9. The first-order valence-electron chi connectivity index (χ1n) is 15.3. The molecule has 7 nitrogen and oxygen atoms in total. The van der Waals surface area contributed by atoms with Gasteiger partial charge in [-0.15, -0.1) is 0 Å². The molecule has 2 aliphatic heterocycles. The Bertz CT molecular complexity index is 1170. The maximum Gasteiger partial charge on any atom is 0.245 e. The van der Waals surface area contributed by atoms with Crippen LogP contribution in [0.1, 0.15) is 126 Å². The third-order valence-corrected chi connectivity index (χ3v) is 8.49. The van der Waals surface area contributed by atoms with E-state index >= 15 is 0 Å². The number of ketones is 2. The Hall–Kier alpha value is -2.54. The van der Waals surface area contributed by atoms with E-state index < -0.39 is 6.04 Å². The molecule has 39 heavy (non-hydrogen) atoms. The van der Waals surface area contributed by atoms with Crippen molar-refractivity contribution in [3.63, 3.8) is 0 Å². The molecular weight excluding hydrogens is 490 g/mol. The average Bonchev–Trinajstić information content (AvgIpc) is 3.50. The van der Waals surface area contributed by atoms with Gasteiger partial charge in [0.15, 0.2) is 11.6 Å². The molecule has 0 aliphatic carbocycles. The number of hydrogen-bond acceptors (Lipinski definition) is 5. The van der Waals surface area contributed by atoms with Crippen molar-refractivity contribution in [2.75, 3.05) is 13.2 Å². The predicted octanol–water partition coefficient (Wildman–Crippen LogP) is 6.39. The second-order valence-corrected chi connectivity index (χ2v) is 11.8. The van der Waals surface area contributed by atoms with Crippen LogP contribution in [0.3, 0.4) is 0 Å². The van der Waals surface area contributed by atoms with Crippen LogP contribution < -0.4 is 0 Å². The van der Waals surface area contributed by atoms with Crippen LogP contribution in [-0.2, 0) is 27.3 Å². The van der Waals surface area contributed by atoms with Crippen molar-refractivity contribution in [3.05, 3.63) is 29.0 Å². The number of ether oxygens (including phenoxy) is 1. The van der Waals surface area contributed by atoms with Gasteiger partial charge in [0.05, 0.1) is 11.6 Å². The van der Waals surface area contributed by atoms with Crippen molar-refractivity contribution in [3.8, 4) is 0 Å². The first-order chi connectivity index (χ1) is 18.8. The number of fused-ring (bicyclic) bond motifs is 2. The summed E-state index contributed by atoms with van der Waals surface area (Å²) in [7, 11) is 0. The molecular formula is C32H47N3O4. The summed E-state index contributed by atoms with van der Waals surface area (Å²) in [5.41, 5.74) is 3.65. The van der Waals surface area contributed by atoms with Gasteiger partial charge in [0, 0.05) is 31.9 Å². The van der Waals surface area contributed by atoms with E-state index in [0.717, 1.165) is 42.1 Å². The molecule has 1 aromatic carbocycles. The van der Waals surface area contributed by atoms with Crippen LogP contribution in [0, 0.1) is 0 Å². The average molecular weight is 538 g/mol. The first kappa shape index (κ1) is 29.4. The fraction of sp³-hybridized carbons (Fsp3) is 0.688. The summed E-state index contributed by atoms with van der Waals surface area (Å²) in [6.45, 7) is 8.87. The summed E-state index contributed by atoms with van der Waals surface area (Å²) in [4.78, 5) is 41.1. The topological polar surface area (TPSA) is 81.5 Å². The molecule has 2 bridgehead atoms. The lowest BCUT2D eigenvalue weighted by Gasteiger charge is -2.27. The molecule has 1 saturated heterocycles. The van der Waals surface area contributed by atoms with Gasteiger partial charge in [-0.25, -0.2) is 0 Å². The molecule has 7 heteroatoms. The molecule has 1 amide bonds. The van der Waals surface area contributed by atoms with Crippen LogP contribution in [0.2, 0.25) is 0 Å². The lowest BCUT2D eigenvalue weighted by Crippen LogP contribution is -2.47. The van der Waals surface area contributed by atoms with E-state index in [1.807, 2.05) is 6.92 Å². The fourth-order valence-corrected chi connectivity index (χ4v) is 6.24. The number of amides is 1. The van der Waals surface area contributed by atoms with Crippen molar-refractivity contribution in [1.82, 2.24) is 14.7 Å². The Morgan fingerprint density at radius 2 is 1.69 bits per heavy atom. The number of hydrogen-bond donors (Lipinski definition) is 0. The molecule has 0 saturated carbocycles. The molecule has 214 valence electrons. The van der Waals surface area contributed by atoms with E-state index in [4.69, 9.17) is 9.84 Å². The van der Waals surface area contributed by atoms with Gasteiger partial charge in [0.25, 0.3) is 0 Å². The van der Waals surface area contributed by atoms with Crippen LogP contribution >= 0.6 is 0 Å². The van der Waals surface area contributed by atoms with Crippen LogP contribution in [0.5, 0.6) is 0 Å². The van der Waals surface area contributed by atoms with Crippen LogP contribution in [0.25, 0.3) is 10.9 Å². The van der Waals surface area contributed by atoms with Gasteiger partial charge in [-0.2, -0.15) is 5.10 Å². The van der Waals surface area contributed by atoms with Crippen molar-refractivity contribution in [1.29, 1.82) is 0 Å². The van der Waals surface area contributed by atoms with E-state index in [0.29, 0.717) is 37.6 Å². The van der Waals surface area contributed by atoms with Gasteiger partial charge >= 0.3 is 0 Å². The Kier molecular flexibility index (Phi) is 10.3. The normalized spacial score (nSPS) is 22.4. The molecule has 2 aromatic rings. The maximum absolute atomic E-state index is 13.8. The van der Waals surface area contributed by atoms with Crippen molar-refractivity contribution < 1.29 is 19.1 Å². The highest BCUT2D eigenvalue weighted by atomic mass is 16.5. The number of rotatable bonds is 4. The number of nitrogens with zero attached hydrogens (tertiary/aromatic N) is 3. The largest absolute Gasteiger partial charge is 0.376 e. The molecule has 3 heterocycles. The number of benzene rings is 1. The third kappa shape index (κ3) is 6.97. The molecule has 0 spiro atoms. The number of aryl methyl sites for hydroxylation is 1. The van der Waals surface area contributed by atoms with E-state index in [1.54, 1.807) is 16.5 Å². The highest BCUT2D eigenvalue weighted by Crippen LogP contribution is 2.31. The van der Waals surface area contributed by atoms with E-state index in [9.17, 15) is 14.4 Å². The first-order valence-corrected chi connectivity index (χ1v) is 15.3. The van der Waals surface area contributed by atoms with E-state index in [-0.39, 0.29) is 30.1 Å². The van der Waals surface area contributed by atoms with Crippen LogP contribution in [-0.4, -0.2) is 57.5 Å². The van der Waals surface area contributed by atoms with Crippen molar-refractivity contribution in [2.24, 2.45) is 0 Å². The third-order valence-electron chi connectivity index (χ3n) is 8.49. The lowest BCUT2D eigenvalue weighted by atomic mass is 9.94. The summed E-state index contributed by atoms with van der Waals surface area (Å²) in [5, 5.41) is 5.54. The molecule has 1 aromatic heterocycles. The van der Waals surface area contributed by atoms with Crippen molar-refractivity contribution >= 4 is 28.4 Å². The summed E-state index contributed by atoms with van der Waals surface area (Å²) in [5.74, 6) is 0.127. The fourth-order valence-electron chi connectivity index (χ4n) is 6.24. The quantitative estimate of drug-likeness (QED) is 0.422. The Labute approximate surface area is 233 Å². The van der Waals surface area contributed by atoms with Gasteiger partial charge in [0.1, 0.15) is 18.3 Å². The molecule has 1 fully saturated rings.